The average molecular weight is 543 g/mol. The van der Waals surface area contributed by atoms with Gasteiger partial charge in [-0.25, -0.2) is 4.99 Å². The van der Waals surface area contributed by atoms with E-state index >= 15 is 0 Å². The van der Waals surface area contributed by atoms with Crippen LogP contribution in [0.3, 0.4) is 0 Å². The molecule has 0 spiro atoms. The molecule has 0 heterocycles. The van der Waals surface area contributed by atoms with E-state index in [0.717, 1.165) is 41.1 Å². The first-order valence-electron chi connectivity index (χ1n) is 10.2. The summed E-state index contributed by atoms with van der Waals surface area (Å²) in [6.07, 6.45) is -0.0734. The molecule has 0 radical (unpaired) electrons. The Labute approximate surface area is 202 Å². The maximum absolute atomic E-state index is 6.00. The molecule has 7 nitrogen and oxygen atoms in total. The van der Waals surface area contributed by atoms with Crippen molar-refractivity contribution in [3.05, 3.63) is 48.0 Å². The van der Waals surface area contributed by atoms with E-state index in [0.29, 0.717) is 19.7 Å². The van der Waals surface area contributed by atoms with E-state index in [2.05, 4.69) is 15.6 Å². The van der Waals surface area contributed by atoms with Gasteiger partial charge in [0.15, 0.2) is 29.0 Å². The Morgan fingerprint density at radius 1 is 0.935 bits per heavy atom. The van der Waals surface area contributed by atoms with Crippen molar-refractivity contribution in [2.24, 2.45) is 4.99 Å². The quantitative estimate of drug-likeness (QED) is 0.251. The van der Waals surface area contributed by atoms with Gasteiger partial charge in [0.25, 0.3) is 0 Å². The fourth-order valence-corrected chi connectivity index (χ4v) is 2.81. The molecular formula is C23H34IN3O4. The predicted molar refractivity (Wildman–Crippen MR) is 135 cm³/mol. The van der Waals surface area contributed by atoms with Gasteiger partial charge in [0.2, 0.25) is 0 Å². The summed E-state index contributed by atoms with van der Waals surface area (Å²) in [6.45, 7) is 8.44. The number of ether oxygens (including phenoxy) is 4. The molecule has 0 amide bonds. The SMILES string of the molecule is CCNC(=NCc1ccc(OC)c(OCC)c1)NCC(C)Oc1ccccc1OC.I. The lowest BCUT2D eigenvalue weighted by atomic mass is 10.2. The molecule has 0 saturated heterocycles. The normalized spacial score (nSPS) is 11.7. The van der Waals surface area contributed by atoms with Crippen LogP contribution in [0.2, 0.25) is 0 Å². The highest BCUT2D eigenvalue weighted by atomic mass is 127. The van der Waals surface area contributed by atoms with Crippen LogP contribution >= 0.6 is 24.0 Å². The van der Waals surface area contributed by atoms with Crippen molar-refractivity contribution in [2.45, 2.75) is 33.4 Å². The van der Waals surface area contributed by atoms with Crippen LogP contribution in [0.15, 0.2) is 47.5 Å². The molecule has 172 valence electrons. The van der Waals surface area contributed by atoms with Crippen molar-refractivity contribution < 1.29 is 18.9 Å². The van der Waals surface area contributed by atoms with Crippen LogP contribution in [0.1, 0.15) is 26.3 Å². The topological polar surface area (TPSA) is 73.3 Å². The number of aliphatic imine (C=N–C) groups is 1. The summed E-state index contributed by atoms with van der Waals surface area (Å²) >= 11 is 0. The van der Waals surface area contributed by atoms with E-state index < -0.39 is 0 Å². The second-order valence-electron chi connectivity index (χ2n) is 6.57. The van der Waals surface area contributed by atoms with Gasteiger partial charge in [-0.15, -0.1) is 24.0 Å². The van der Waals surface area contributed by atoms with Gasteiger partial charge in [0.1, 0.15) is 6.10 Å². The van der Waals surface area contributed by atoms with Gasteiger partial charge in [0, 0.05) is 6.54 Å². The van der Waals surface area contributed by atoms with Crippen molar-refractivity contribution in [3.63, 3.8) is 0 Å². The van der Waals surface area contributed by atoms with Crippen LogP contribution in [-0.4, -0.2) is 46.0 Å². The molecule has 8 heteroatoms. The minimum absolute atomic E-state index is 0. The molecule has 2 N–H and O–H groups in total. The number of nitrogens with one attached hydrogen (secondary N) is 2. The number of halogens is 1. The third kappa shape index (κ3) is 8.72. The summed E-state index contributed by atoms with van der Waals surface area (Å²) in [4.78, 5) is 4.67. The summed E-state index contributed by atoms with van der Waals surface area (Å²) in [7, 11) is 3.27. The van der Waals surface area contributed by atoms with E-state index in [4.69, 9.17) is 18.9 Å². The highest BCUT2D eigenvalue weighted by molar-refractivity contribution is 14.0. The van der Waals surface area contributed by atoms with Crippen molar-refractivity contribution in [1.29, 1.82) is 0 Å². The van der Waals surface area contributed by atoms with Gasteiger partial charge >= 0.3 is 0 Å². The van der Waals surface area contributed by atoms with Gasteiger partial charge in [-0.1, -0.05) is 18.2 Å². The Hall–Kier alpha value is -2.36. The number of guanidine groups is 1. The molecule has 0 aliphatic carbocycles. The second-order valence-corrected chi connectivity index (χ2v) is 6.57. The number of nitrogens with zero attached hydrogens (tertiary/aromatic N) is 1. The number of rotatable bonds is 11. The lowest BCUT2D eigenvalue weighted by Gasteiger charge is -2.19. The summed E-state index contributed by atoms with van der Waals surface area (Å²) in [5.74, 6) is 3.61. The molecular weight excluding hydrogens is 509 g/mol. The number of hydrogen-bond acceptors (Lipinski definition) is 5. The Morgan fingerprint density at radius 3 is 2.26 bits per heavy atom. The Morgan fingerprint density at radius 2 is 1.61 bits per heavy atom. The van der Waals surface area contributed by atoms with Gasteiger partial charge in [-0.2, -0.15) is 0 Å². The molecule has 1 atom stereocenters. The fourth-order valence-electron chi connectivity index (χ4n) is 2.81. The van der Waals surface area contributed by atoms with Crippen LogP contribution < -0.4 is 29.6 Å². The first kappa shape index (κ1) is 26.7. The number of hydrogen-bond donors (Lipinski definition) is 2. The van der Waals surface area contributed by atoms with E-state index in [1.165, 1.54) is 0 Å². The second kappa shape index (κ2) is 14.6. The zero-order chi connectivity index (χ0) is 21.8. The molecule has 2 aromatic rings. The molecule has 0 aliphatic heterocycles. The van der Waals surface area contributed by atoms with E-state index in [9.17, 15) is 0 Å². The molecule has 2 aromatic carbocycles. The highest BCUT2D eigenvalue weighted by Gasteiger charge is 2.10. The van der Waals surface area contributed by atoms with Gasteiger partial charge in [-0.05, 0) is 50.6 Å². The van der Waals surface area contributed by atoms with Crippen LogP contribution in [0.25, 0.3) is 0 Å². The lowest BCUT2D eigenvalue weighted by Crippen LogP contribution is -2.41. The molecule has 31 heavy (non-hydrogen) atoms. The zero-order valence-corrected chi connectivity index (χ0v) is 21.3. The van der Waals surface area contributed by atoms with Crippen LogP contribution in [0, 0.1) is 0 Å². The third-order valence-corrected chi connectivity index (χ3v) is 4.25. The maximum atomic E-state index is 6.00. The molecule has 0 bridgehead atoms. The van der Waals surface area contributed by atoms with Crippen LogP contribution in [0.5, 0.6) is 23.0 Å². The number of benzene rings is 2. The van der Waals surface area contributed by atoms with Crippen molar-refractivity contribution in [2.75, 3.05) is 33.9 Å². The minimum atomic E-state index is -0.0734. The van der Waals surface area contributed by atoms with E-state index in [1.807, 2.05) is 63.2 Å². The summed E-state index contributed by atoms with van der Waals surface area (Å²) in [6, 6.07) is 13.5. The molecule has 0 aromatic heterocycles. The van der Waals surface area contributed by atoms with Gasteiger partial charge in [-0.3, -0.25) is 0 Å². The Balaban J connectivity index is 0.00000480. The predicted octanol–water partition coefficient (Wildman–Crippen LogP) is 4.24. The summed E-state index contributed by atoms with van der Waals surface area (Å²) < 4.78 is 22.3. The zero-order valence-electron chi connectivity index (χ0n) is 18.9. The first-order chi connectivity index (χ1) is 14.6. The van der Waals surface area contributed by atoms with Gasteiger partial charge < -0.3 is 29.6 Å². The number of para-hydroxylation sites is 2. The standard InChI is InChI=1S/C23H33N3O4.HI/c1-6-24-23(25-15-17(3)30-21-11-9-8-10-19(21)27-4)26-16-18-12-13-20(28-5)22(14-18)29-7-2;/h8-14,17H,6-7,15-16H2,1-5H3,(H2,24,25,26);1H. The molecule has 0 fully saturated rings. The maximum Gasteiger partial charge on any atom is 0.191 e. The van der Waals surface area contributed by atoms with E-state index in [1.54, 1.807) is 14.2 Å². The van der Waals surface area contributed by atoms with Crippen LogP contribution in [-0.2, 0) is 6.54 Å². The van der Waals surface area contributed by atoms with E-state index in [-0.39, 0.29) is 30.1 Å². The Kier molecular flexibility index (Phi) is 12.6. The summed E-state index contributed by atoms with van der Waals surface area (Å²) in [5.41, 5.74) is 1.04. The number of methoxy groups -OCH3 is 2. The smallest absolute Gasteiger partial charge is 0.191 e. The third-order valence-electron chi connectivity index (χ3n) is 4.25. The Bertz CT molecular complexity index is 817. The van der Waals surface area contributed by atoms with Crippen molar-refractivity contribution in [1.82, 2.24) is 10.6 Å². The summed E-state index contributed by atoms with van der Waals surface area (Å²) in [5, 5.41) is 6.59. The monoisotopic (exact) mass is 543 g/mol. The minimum Gasteiger partial charge on any atom is -0.493 e. The molecule has 0 aliphatic rings. The lowest BCUT2D eigenvalue weighted by molar-refractivity contribution is 0.213. The fraction of sp³-hybridized carbons (Fsp3) is 0.435. The first-order valence-corrected chi connectivity index (χ1v) is 10.2. The molecule has 2 rings (SSSR count). The van der Waals surface area contributed by atoms with Crippen molar-refractivity contribution >= 4 is 29.9 Å². The molecule has 1 unspecified atom stereocenters. The van der Waals surface area contributed by atoms with Crippen molar-refractivity contribution in [3.8, 4) is 23.0 Å². The average Bonchev–Trinajstić information content (AvgIpc) is 2.76. The highest BCUT2D eigenvalue weighted by Crippen LogP contribution is 2.28. The largest absolute Gasteiger partial charge is 0.493 e. The van der Waals surface area contributed by atoms with Crippen LogP contribution in [0.4, 0.5) is 0 Å². The molecule has 0 saturated carbocycles. The van der Waals surface area contributed by atoms with Gasteiger partial charge in [0.05, 0.1) is 33.9 Å².